The number of carboxylic acid groups (broad SMARTS) is 1. The predicted octanol–water partition coefficient (Wildman–Crippen LogP) is 1.37. The van der Waals surface area contributed by atoms with Gasteiger partial charge in [-0.05, 0) is 33.1 Å². The van der Waals surface area contributed by atoms with Crippen molar-refractivity contribution in [1.82, 2.24) is 5.32 Å². The zero-order valence-electron chi connectivity index (χ0n) is 12.4. The van der Waals surface area contributed by atoms with Crippen LogP contribution in [0.1, 0.15) is 48.5 Å². The lowest BCUT2D eigenvalue weighted by molar-refractivity contribution is -0.152. The molecule has 4 N–H and O–H groups in total. The Bertz CT molecular complexity index is 341. The molecule has 106 valence electrons. The van der Waals surface area contributed by atoms with E-state index in [-0.39, 0.29) is 11.3 Å². The third-order valence-electron chi connectivity index (χ3n) is 3.75. The monoisotopic (exact) mass is 258 g/mol. The first-order valence-electron chi connectivity index (χ1n) is 6.04. The van der Waals surface area contributed by atoms with Crippen LogP contribution in [0.2, 0.25) is 0 Å². The van der Waals surface area contributed by atoms with Gasteiger partial charge in [0.1, 0.15) is 0 Å². The summed E-state index contributed by atoms with van der Waals surface area (Å²) >= 11 is 0. The van der Waals surface area contributed by atoms with Gasteiger partial charge in [-0.3, -0.25) is 9.59 Å². The van der Waals surface area contributed by atoms with E-state index in [4.69, 9.17) is 5.73 Å². The number of carbonyl (C=O) groups excluding carboxylic acids is 1. The SMILES string of the molecule is CC(C)(C)[C@@H](N)C(=O)NC(C)(C)C(C)(C)C(=O)O. The molecule has 0 heterocycles. The van der Waals surface area contributed by atoms with Crippen molar-refractivity contribution in [2.45, 2.75) is 60.0 Å². The van der Waals surface area contributed by atoms with Gasteiger partial charge in [0.15, 0.2) is 0 Å². The van der Waals surface area contributed by atoms with Crippen LogP contribution in [0.4, 0.5) is 0 Å². The van der Waals surface area contributed by atoms with Crippen molar-refractivity contribution in [1.29, 1.82) is 0 Å². The first-order valence-corrected chi connectivity index (χ1v) is 6.04. The van der Waals surface area contributed by atoms with Crippen LogP contribution in [0.15, 0.2) is 0 Å². The number of aliphatic carboxylic acids is 1. The number of rotatable bonds is 4. The van der Waals surface area contributed by atoms with Gasteiger partial charge in [-0.15, -0.1) is 0 Å². The maximum absolute atomic E-state index is 12.0. The maximum Gasteiger partial charge on any atom is 0.311 e. The minimum atomic E-state index is -1.08. The molecular weight excluding hydrogens is 232 g/mol. The zero-order chi connectivity index (χ0) is 14.9. The highest BCUT2D eigenvalue weighted by Crippen LogP contribution is 2.31. The summed E-state index contributed by atoms with van der Waals surface area (Å²) in [7, 11) is 0. The van der Waals surface area contributed by atoms with E-state index < -0.39 is 23.0 Å². The lowest BCUT2D eigenvalue weighted by Crippen LogP contribution is -2.61. The maximum atomic E-state index is 12.0. The highest BCUT2D eigenvalue weighted by Gasteiger charge is 2.45. The summed E-state index contributed by atoms with van der Waals surface area (Å²) < 4.78 is 0. The van der Waals surface area contributed by atoms with Crippen LogP contribution in [-0.4, -0.2) is 28.6 Å². The van der Waals surface area contributed by atoms with Crippen LogP contribution in [0.3, 0.4) is 0 Å². The summed E-state index contributed by atoms with van der Waals surface area (Å²) in [6.45, 7) is 12.1. The zero-order valence-corrected chi connectivity index (χ0v) is 12.4. The van der Waals surface area contributed by atoms with Gasteiger partial charge in [-0.25, -0.2) is 0 Å². The number of amides is 1. The van der Waals surface area contributed by atoms with E-state index in [0.717, 1.165) is 0 Å². The molecule has 1 amide bonds. The molecule has 1 atom stereocenters. The van der Waals surface area contributed by atoms with E-state index in [1.165, 1.54) is 0 Å². The number of hydrogen-bond donors (Lipinski definition) is 3. The van der Waals surface area contributed by atoms with Crippen molar-refractivity contribution < 1.29 is 14.7 Å². The molecule has 0 bridgehead atoms. The molecule has 0 aromatic carbocycles. The van der Waals surface area contributed by atoms with E-state index in [0.29, 0.717) is 0 Å². The fourth-order valence-corrected chi connectivity index (χ4v) is 1.20. The van der Waals surface area contributed by atoms with Crippen LogP contribution in [0, 0.1) is 10.8 Å². The Kier molecular flexibility index (Phi) is 4.58. The lowest BCUT2D eigenvalue weighted by atomic mass is 9.74. The normalized spacial score (nSPS) is 15.1. The van der Waals surface area contributed by atoms with Gasteiger partial charge < -0.3 is 16.2 Å². The van der Waals surface area contributed by atoms with Gasteiger partial charge >= 0.3 is 5.97 Å². The Morgan fingerprint density at radius 1 is 1.06 bits per heavy atom. The number of nitrogens with two attached hydrogens (primary N) is 1. The Balaban J connectivity index is 5.01. The Morgan fingerprint density at radius 3 is 1.72 bits per heavy atom. The van der Waals surface area contributed by atoms with Crippen molar-refractivity contribution in [3.8, 4) is 0 Å². The summed E-state index contributed by atoms with van der Waals surface area (Å²) in [6, 6.07) is -0.679. The molecule has 0 aromatic rings. The van der Waals surface area contributed by atoms with Gasteiger partial charge in [0.25, 0.3) is 0 Å². The van der Waals surface area contributed by atoms with Gasteiger partial charge in [-0.2, -0.15) is 0 Å². The second-order valence-electron chi connectivity index (χ2n) is 6.89. The molecule has 5 nitrogen and oxygen atoms in total. The predicted molar refractivity (Wildman–Crippen MR) is 71.1 cm³/mol. The Labute approximate surface area is 109 Å². The molecular formula is C13H26N2O3. The molecule has 0 rings (SSSR count). The van der Waals surface area contributed by atoms with Crippen LogP contribution in [0.5, 0.6) is 0 Å². The minimum absolute atomic E-state index is 0.332. The number of carboxylic acids is 1. The molecule has 0 aliphatic carbocycles. The van der Waals surface area contributed by atoms with Crippen molar-refractivity contribution in [2.75, 3.05) is 0 Å². The standard InChI is InChI=1S/C13H26N2O3/c1-11(2,3)8(14)9(16)15-13(6,7)12(4,5)10(17)18/h8H,14H2,1-7H3,(H,15,16)(H,17,18)/t8-/m0/s1. The van der Waals surface area contributed by atoms with E-state index in [2.05, 4.69) is 5.32 Å². The number of nitrogens with one attached hydrogen (secondary N) is 1. The molecule has 5 heteroatoms. The molecule has 0 aliphatic heterocycles. The second-order valence-corrected chi connectivity index (χ2v) is 6.89. The quantitative estimate of drug-likeness (QED) is 0.710. The van der Waals surface area contributed by atoms with Crippen LogP contribution in [-0.2, 0) is 9.59 Å². The molecule has 0 spiro atoms. The molecule has 0 radical (unpaired) electrons. The van der Waals surface area contributed by atoms with E-state index in [1.807, 2.05) is 20.8 Å². The summed E-state index contributed by atoms with van der Waals surface area (Å²) in [5, 5.41) is 11.9. The van der Waals surface area contributed by atoms with Crippen molar-refractivity contribution in [3.63, 3.8) is 0 Å². The molecule has 0 saturated heterocycles. The number of hydrogen-bond acceptors (Lipinski definition) is 3. The molecule has 18 heavy (non-hydrogen) atoms. The van der Waals surface area contributed by atoms with E-state index in [9.17, 15) is 14.7 Å². The average molecular weight is 258 g/mol. The van der Waals surface area contributed by atoms with Crippen molar-refractivity contribution in [2.24, 2.45) is 16.6 Å². The van der Waals surface area contributed by atoms with Crippen molar-refractivity contribution >= 4 is 11.9 Å². The molecule has 0 unspecified atom stereocenters. The third kappa shape index (κ3) is 3.45. The van der Waals surface area contributed by atoms with E-state index in [1.54, 1.807) is 27.7 Å². The first kappa shape index (κ1) is 16.9. The van der Waals surface area contributed by atoms with Gasteiger partial charge in [0, 0.05) is 0 Å². The largest absolute Gasteiger partial charge is 0.481 e. The van der Waals surface area contributed by atoms with Crippen LogP contribution < -0.4 is 11.1 Å². The molecule has 0 aromatic heterocycles. The topological polar surface area (TPSA) is 92.4 Å². The van der Waals surface area contributed by atoms with Gasteiger partial charge in [0.05, 0.1) is 17.0 Å². The van der Waals surface area contributed by atoms with Crippen LogP contribution in [0.25, 0.3) is 0 Å². The molecule has 0 fully saturated rings. The Morgan fingerprint density at radius 2 is 1.44 bits per heavy atom. The molecule has 0 aliphatic rings. The minimum Gasteiger partial charge on any atom is -0.481 e. The lowest BCUT2D eigenvalue weighted by Gasteiger charge is -2.40. The number of carbonyl (C=O) groups is 2. The smallest absolute Gasteiger partial charge is 0.311 e. The van der Waals surface area contributed by atoms with E-state index >= 15 is 0 Å². The van der Waals surface area contributed by atoms with Crippen molar-refractivity contribution in [3.05, 3.63) is 0 Å². The summed E-state index contributed by atoms with van der Waals surface area (Å²) in [4.78, 5) is 23.3. The van der Waals surface area contributed by atoms with Crippen LogP contribution >= 0.6 is 0 Å². The fraction of sp³-hybridized carbons (Fsp3) is 0.846. The first-order chi connectivity index (χ1) is 7.73. The van der Waals surface area contributed by atoms with Gasteiger partial charge in [-0.1, -0.05) is 20.8 Å². The summed E-state index contributed by atoms with van der Waals surface area (Å²) in [6.07, 6.45) is 0. The highest BCUT2D eigenvalue weighted by molar-refractivity contribution is 5.84. The summed E-state index contributed by atoms with van der Waals surface area (Å²) in [5.74, 6) is -1.29. The average Bonchev–Trinajstić information content (AvgIpc) is 2.13. The third-order valence-corrected chi connectivity index (χ3v) is 3.75. The molecule has 0 saturated carbocycles. The Hall–Kier alpha value is -1.10. The second kappa shape index (κ2) is 4.88. The fourth-order valence-electron chi connectivity index (χ4n) is 1.20. The highest BCUT2D eigenvalue weighted by atomic mass is 16.4. The summed E-state index contributed by atoms with van der Waals surface area (Å²) in [5.41, 5.74) is 3.52. The van der Waals surface area contributed by atoms with Gasteiger partial charge in [0.2, 0.25) is 5.91 Å².